The Kier molecular flexibility index (Phi) is 3.11. The molecule has 0 unspecified atom stereocenters. The number of piperazine rings is 1. The Morgan fingerprint density at radius 1 is 1.29 bits per heavy atom. The highest BCUT2D eigenvalue weighted by Crippen LogP contribution is 2.27. The molecule has 1 saturated heterocycles. The largest absolute Gasteiger partial charge is 0.352 e. The quantitative estimate of drug-likeness (QED) is 0.777. The van der Waals surface area contributed by atoms with E-state index in [9.17, 15) is 9.59 Å². The van der Waals surface area contributed by atoms with Crippen molar-refractivity contribution in [3.8, 4) is 6.07 Å². The predicted molar refractivity (Wildman–Crippen MR) is 64.2 cm³/mol. The maximum atomic E-state index is 11.3. The van der Waals surface area contributed by atoms with Crippen molar-refractivity contribution in [2.75, 3.05) is 18.0 Å². The Bertz CT molecular complexity index is 520. The number of benzene rings is 1. The third-order valence-corrected chi connectivity index (χ3v) is 3.05. The van der Waals surface area contributed by atoms with Gasteiger partial charge in [-0.2, -0.15) is 5.26 Å². The summed E-state index contributed by atoms with van der Waals surface area (Å²) in [6.07, 6.45) is 0. The summed E-state index contributed by atoms with van der Waals surface area (Å²) in [4.78, 5) is 24.1. The van der Waals surface area contributed by atoms with Gasteiger partial charge >= 0.3 is 0 Å². The van der Waals surface area contributed by atoms with E-state index in [1.165, 1.54) is 0 Å². The number of imide groups is 1. The number of carbonyl (C=O) groups excluding carboxylic acids is 2. The van der Waals surface area contributed by atoms with E-state index in [1.54, 1.807) is 23.1 Å². The molecule has 2 amide bonds. The third-order valence-electron chi connectivity index (χ3n) is 2.39. The number of anilines is 1. The van der Waals surface area contributed by atoms with Gasteiger partial charge in [-0.15, -0.1) is 0 Å². The van der Waals surface area contributed by atoms with Crippen LogP contribution < -0.4 is 10.2 Å². The van der Waals surface area contributed by atoms with Gasteiger partial charge in [0.15, 0.2) is 0 Å². The fourth-order valence-electron chi connectivity index (χ4n) is 1.69. The summed E-state index contributed by atoms with van der Waals surface area (Å²) in [6, 6.07) is 7.28. The van der Waals surface area contributed by atoms with Gasteiger partial charge in [0.2, 0.25) is 11.8 Å². The van der Waals surface area contributed by atoms with Gasteiger partial charge in [0.05, 0.1) is 24.3 Å². The number of amides is 2. The Balaban J connectivity index is 2.40. The molecule has 1 N–H and O–H groups in total. The van der Waals surface area contributed by atoms with E-state index in [0.717, 1.165) is 0 Å². The van der Waals surface area contributed by atoms with Crippen molar-refractivity contribution in [3.05, 3.63) is 28.2 Å². The summed E-state index contributed by atoms with van der Waals surface area (Å²) in [5.74, 6) is -0.713. The van der Waals surface area contributed by atoms with Gasteiger partial charge in [-0.25, -0.2) is 0 Å². The Labute approximate surface area is 106 Å². The van der Waals surface area contributed by atoms with E-state index >= 15 is 0 Å². The minimum absolute atomic E-state index is 0.0802. The van der Waals surface area contributed by atoms with Crippen molar-refractivity contribution in [1.82, 2.24) is 5.32 Å². The first-order valence-electron chi connectivity index (χ1n) is 4.88. The minimum atomic E-state index is -0.356. The van der Waals surface area contributed by atoms with Crippen molar-refractivity contribution < 1.29 is 9.59 Å². The van der Waals surface area contributed by atoms with Gasteiger partial charge in [0.25, 0.3) is 0 Å². The Morgan fingerprint density at radius 3 is 2.53 bits per heavy atom. The molecule has 1 fully saturated rings. The lowest BCUT2D eigenvalue weighted by atomic mass is 10.1. The molecule has 17 heavy (non-hydrogen) atoms. The molecule has 0 bridgehead atoms. The van der Waals surface area contributed by atoms with Crippen LogP contribution in [0.5, 0.6) is 0 Å². The average molecular weight is 294 g/mol. The Hall–Kier alpha value is -1.87. The number of nitrogens with zero attached hydrogens (tertiary/aromatic N) is 2. The van der Waals surface area contributed by atoms with Crippen molar-refractivity contribution >= 4 is 33.4 Å². The van der Waals surface area contributed by atoms with E-state index in [1.807, 2.05) is 0 Å². The number of hydrogen-bond donors (Lipinski definition) is 1. The monoisotopic (exact) mass is 293 g/mol. The number of rotatable bonds is 1. The van der Waals surface area contributed by atoms with Gasteiger partial charge in [0, 0.05) is 4.47 Å². The summed E-state index contributed by atoms with van der Waals surface area (Å²) in [6.45, 7) is 0.160. The molecule has 0 saturated carbocycles. The summed E-state index contributed by atoms with van der Waals surface area (Å²) in [7, 11) is 0. The molecule has 1 aliphatic rings. The fraction of sp³-hybridized carbons (Fsp3) is 0.182. The van der Waals surface area contributed by atoms with Crippen molar-refractivity contribution in [2.45, 2.75) is 0 Å². The van der Waals surface area contributed by atoms with Crippen LogP contribution in [0.1, 0.15) is 5.56 Å². The molecule has 0 spiro atoms. The first-order chi connectivity index (χ1) is 8.11. The molecule has 86 valence electrons. The molecule has 0 atom stereocenters. The molecule has 1 heterocycles. The number of nitriles is 1. The topological polar surface area (TPSA) is 73.2 Å². The highest BCUT2D eigenvalue weighted by molar-refractivity contribution is 9.10. The van der Waals surface area contributed by atoms with Crippen LogP contribution in [0, 0.1) is 11.3 Å². The zero-order valence-electron chi connectivity index (χ0n) is 8.74. The second-order valence-electron chi connectivity index (χ2n) is 3.57. The Morgan fingerprint density at radius 2 is 1.94 bits per heavy atom. The molecule has 1 aromatic carbocycles. The molecule has 6 heteroatoms. The molecule has 1 aromatic rings. The van der Waals surface area contributed by atoms with E-state index in [2.05, 4.69) is 27.3 Å². The minimum Gasteiger partial charge on any atom is -0.352 e. The summed E-state index contributed by atoms with van der Waals surface area (Å²) in [5.41, 5.74) is 1.01. The van der Waals surface area contributed by atoms with Crippen LogP contribution >= 0.6 is 15.9 Å². The van der Waals surface area contributed by atoms with Crippen LogP contribution in [-0.4, -0.2) is 24.9 Å². The number of hydrogen-bond acceptors (Lipinski definition) is 4. The first kappa shape index (κ1) is 11.6. The molecule has 1 aliphatic heterocycles. The maximum absolute atomic E-state index is 11.3. The molecular weight excluding hydrogens is 286 g/mol. The lowest BCUT2D eigenvalue weighted by molar-refractivity contribution is -0.130. The summed E-state index contributed by atoms with van der Waals surface area (Å²) < 4.78 is 0.649. The van der Waals surface area contributed by atoms with Gasteiger partial charge in [-0.3, -0.25) is 14.9 Å². The smallest absolute Gasteiger partial charge is 0.246 e. The SMILES string of the molecule is N#Cc1c(Br)cccc1N1CC(=O)NC(=O)C1. The first-order valence-corrected chi connectivity index (χ1v) is 5.67. The lowest BCUT2D eigenvalue weighted by Gasteiger charge is -2.28. The van der Waals surface area contributed by atoms with Gasteiger partial charge in [0.1, 0.15) is 6.07 Å². The highest BCUT2D eigenvalue weighted by atomic mass is 79.9. The normalized spacial score (nSPS) is 15.4. The van der Waals surface area contributed by atoms with Crippen LogP contribution in [0.4, 0.5) is 5.69 Å². The van der Waals surface area contributed by atoms with Gasteiger partial charge in [-0.1, -0.05) is 6.07 Å². The van der Waals surface area contributed by atoms with Crippen LogP contribution in [0.25, 0.3) is 0 Å². The number of nitrogens with one attached hydrogen (secondary N) is 1. The molecule has 2 rings (SSSR count). The number of halogens is 1. The van der Waals surface area contributed by atoms with Crippen molar-refractivity contribution in [2.24, 2.45) is 0 Å². The van der Waals surface area contributed by atoms with Crippen molar-refractivity contribution in [1.29, 1.82) is 5.26 Å². The number of carbonyl (C=O) groups is 2. The molecule has 5 nitrogen and oxygen atoms in total. The van der Waals surface area contributed by atoms with E-state index in [4.69, 9.17) is 5.26 Å². The zero-order valence-corrected chi connectivity index (χ0v) is 10.3. The van der Waals surface area contributed by atoms with Crippen LogP contribution in [-0.2, 0) is 9.59 Å². The highest BCUT2D eigenvalue weighted by Gasteiger charge is 2.24. The van der Waals surface area contributed by atoms with Crippen molar-refractivity contribution in [3.63, 3.8) is 0 Å². The van der Waals surface area contributed by atoms with Crippen LogP contribution in [0.2, 0.25) is 0 Å². The fourth-order valence-corrected chi connectivity index (χ4v) is 2.14. The zero-order chi connectivity index (χ0) is 12.4. The molecular formula is C11H8BrN3O2. The maximum Gasteiger partial charge on any atom is 0.246 e. The van der Waals surface area contributed by atoms with E-state index in [0.29, 0.717) is 15.7 Å². The average Bonchev–Trinajstić information content (AvgIpc) is 2.27. The van der Waals surface area contributed by atoms with E-state index in [-0.39, 0.29) is 24.9 Å². The molecule has 0 aliphatic carbocycles. The lowest BCUT2D eigenvalue weighted by Crippen LogP contribution is -2.51. The second kappa shape index (κ2) is 4.55. The second-order valence-corrected chi connectivity index (χ2v) is 4.43. The van der Waals surface area contributed by atoms with Crippen LogP contribution in [0.3, 0.4) is 0 Å². The van der Waals surface area contributed by atoms with Gasteiger partial charge in [-0.05, 0) is 28.1 Å². The van der Waals surface area contributed by atoms with Gasteiger partial charge < -0.3 is 4.90 Å². The predicted octanol–water partition coefficient (Wildman–Crippen LogP) is 0.784. The summed E-state index contributed by atoms with van der Waals surface area (Å²) in [5, 5.41) is 11.3. The van der Waals surface area contributed by atoms with Crippen LogP contribution in [0.15, 0.2) is 22.7 Å². The van der Waals surface area contributed by atoms with E-state index < -0.39 is 0 Å². The molecule has 0 aromatic heterocycles. The summed E-state index contributed by atoms with van der Waals surface area (Å²) >= 11 is 3.27. The molecule has 0 radical (unpaired) electrons. The standard InChI is InChI=1S/C11H8BrN3O2/c12-8-2-1-3-9(7(8)4-13)15-5-10(16)14-11(17)6-15/h1-3H,5-6H2,(H,14,16,17). The third kappa shape index (κ3) is 2.29.